The van der Waals surface area contributed by atoms with Gasteiger partial charge in [0.25, 0.3) is 0 Å². The highest BCUT2D eigenvalue weighted by Gasteiger charge is 2.79. The van der Waals surface area contributed by atoms with Gasteiger partial charge in [-0.2, -0.15) is 0 Å². The predicted octanol–water partition coefficient (Wildman–Crippen LogP) is 8.96. The summed E-state index contributed by atoms with van der Waals surface area (Å²) < 4.78 is 0. The highest BCUT2D eigenvalue weighted by Crippen LogP contribution is 2.85. The van der Waals surface area contributed by atoms with Crippen LogP contribution in [0.2, 0.25) is 5.02 Å². The average molecular weight is 474 g/mol. The van der Waals surface area contributed by atoms with Crippen LogP contribution in [0.4, 0.5) is 11.4 Å². The number of fused-ring (bicyclic) bond motifs is 10. The van der Waals surface area contributed by atoms with Gasteiger partial charge in [-0.1, -0.05) is 72.3 Å². The summed E-state index contributed by atoms with van der Waals surface area (Å²) in [6.45, 7) is 0. The molecule has 4 atom stereocenters. The smallest absolute Gasteiger partial charge is 0.0647 e. The van der Waals surface area contributed by atoms with Crippen LogP contribution in [0.5, 0.6) is 0 Å². The van der Waals surface area contributed by atoms with Gasteiger partial charge in [0.1, 0.15) is 0 Å². The van der Waals surface area contributed by atoms with E-state index in [1.807, 2.05) is 0 Å². The molecule has 0 aliphatic heterocycles. The second-order valence-electron chi connectivity index (χ2n) is 12.1. The van der Waals surface area contributed by atoms with Crippen molar-refractivity contribution in [3.05, 3.63) is 95.0 Å². The third-order valence-electron chi connectivity index (χ3n) is 10.9. The molecule has 35 heavy (non-hydrogen) atoms. The molecule has 4 saturated carbocycles. The van der Waals surface area contributed by atoms with Crippen LogP contribution >= 0.6 is 11.6 Å². The molecule has 1 nitrogen and oxygen atoms in total. The first-order valence-corrected chi connectivity index (χ1v) is 13.7. The molecular weight excluding hydrogens is 446 g/mol. The van der Waals surface area contributed by atoms with Crippen molar-refractivity contribution in [1.82, 2.24) is 0 Å². The Bertz CT molecular complexity index is 1540. The van der Waals surface area contributed by atoms with Crippen molar-refractivity contribution in [2.75, 3.05) is 5.32 Å². The minimum atomic E-state index is 0.169. The summed E-state index contributed by atoms with van der Waals surface area (Å²) in [5, 5.41) is 7.07. The largest absolute Gasteiger partial charge is 0.354 e. The molecule has 0 saturated heterocycles. The maximum atomic E-state index is 6.85. The lowest BCUT2D eigenvalue weighted by molar-refractivity contribution is -0.0816. The van der Waals surface area contributed by atoms with Crippen LogP contribution in [-0.2, 0) is 5.41 Å². The SMILES string of the molecule is Clc1cc2ccccc2cc1Nc1cccc2c1C1(c3ccccc3-2)C2CC3CC4CC1C2(C3)C4. The number of halogens is 1. The highest BCUT2D eigenvalue weighted by atomic mass is 35.5. The summed E-state index contributed by atoms with van der Waals surface area (Å²) in [4.78, 5) is 0. The zero-order valence-electron chi connectivity index (χ0n) is 19.7. The summed E-state index contributed by atoms with van der Waals surface area (Å²) >= 11 is 6.85. The molecule has 3 bridgehead atoms. The van der Waals surface area contributed by atoms with Crippen LogP contribution in [0.1, 0.15) is 43.2 Å². The van der Waals surface area contributed by atoms with Crippen LogP contribution < -0.4 is 5.32 Å². The molecule has 0 radical (unpaired) electrons. The van der Waals surface area contributed by atoms with E-state index in [1.54, 1.807) is 11.1 Å². The lowest BCUT2D eigenvalue weighted by atomic mass is 9.38. The zero-order valence-corrected chi connectivity index (χ0v) is 20.5. The molecule has 4 unspecified atom stereocenters. The molecule has 0 amide bonds. The number of hydrogen-bond donors (Lipinski definition) is 1. The van der Waals surface area contributed by atoms with Gasteiger partial charge in [0, 0.05) is 11.1 Å². The summed E-state index contributed by atoms with van der Waals surface area (Å²) in [5.74, 6) is 3.48. The molecule has 4 aromatic rings. The summed E-state index contributed by atoms with van der Waals surface area (Å²) in [7, 11) is 0. The Balaban J connectivity index is 1.27. The number of anilines is 2. The van der Waals surface area contributed by atoms with Crippen molar-refractivity contribution in [1.29, 1.82) is 0 Å². The standard InChI is InChI=1S/C33H28ClN/c34-26-15-21-6-1-2-7-22(21)16-28(26)35-27-11-5-9-24-23-8-3-4-10-25(23)33(31(24)27)29-13-19-12-20-14-30(33)32(29,17-19)18-20/h1-11,15-16,19-20,29-30,35H,12-14,17-18H2. The number of benzene rings is 4. The molecule has 2 spiro atoms. The van der Waals surface area contributed by atoms with Crippen LogP contribution in [0, 0.1) is 29.1 Å². The van der Waals surface area contributed by atoms with E-state index < -0.39 is 0 Å². The third kappa shape index (κ3) is 2.16. The fraction of sp³-hybridized carbons (Fsp3) is 0.333. The highest BCUT2D eigenvalue weighted by molar-refractivity contribution is 6.34. The van der Waals surface area contributed by atoms with Crippen molar-refractivity contribution < 1.29 is 0 Å². The lowest BCUT2D eigenvalue weighted by Crippen LogP contribution is -2.62. The fourth-order valence-electron chi connectivity index (χ4n) is 10.2. The van der Waals surface area contributed by atoms with E-state index in [2.05, 4.69) is 84.2 Å². The molecule has 5 aliphatic carbocycles. The summed E-state index contributed by atoms with van der Waals surface area (Å²) in [6.07, 6.45) is 7.32. The van der Waals surface area contributed by atoms with Crippen LogP contribution in [-0.4, -0.2) is 0 Å². The molecule has 4 fully saturated rings. The molecule has 172 valence electrons. The zero-order chi connectivity index (χ0) is 22.9. The molecule has 0 aromatic heterocycles. The van der Waals surface area contributed by atoms with E-state index in [9.17, 15) is 0 Å². The number of hydrogen-bond acceptors (Lipinski definition) is 1. The lowest BCUT2D eigenvalue weighted by Gasteiger charge is -2.64. The molecule has 0 heterocycles. The van der Waals surface area contributed by atoms with Crippen LogP contribution in [0.25, 0.3) is 21.9 Å². The Hall–Kier alpha value is -2.77. The molecule has 4 aromatic carbocycles. The van der Waals surface area contributed by atoms with Gasteiger partial charge in [-0.05, 0) is 112 Å². The van der Waals surface area contributed by atoms with Crippen molar-refractivity contribution in [2.45, 2.75) is 37.5 Å². The van der Waals surface area contributed by atoms with Crippen LogP contribution in [0.15, 0.2) is 78.9 Å². The van der Waals surface area contributed by atoms with Crippen LogP contribution in [0.3, 0.4) is 0 Å². The van der Waals surface area contributed by atoms with E-state index in [4.69, 9.17) is 11.6 Å². The number of rotatable bonds is 2. The van der Waals surface area contributed by atoms with Gasteiger partial charge < -0.3 is 5.32 Å². The Morgan fingerprint density at radius 2 is 1.37 bits per heavy atom. The molecule has 2 heteroatoms. The Morgan fingerprint density at radius 1 is 0.686 bits per heavy atom. The van der Waals surface area contributed by atoms with Gasteiger partial charge in [-0.3, -0.25) is 0 Å². The Kier molecular flexibility index (Phi) is 3.50. The molecule has 9 rings (SSSR count). The van der Waals surface area contributed by atoms with Gasteiger partial charge in [-0.15, -0.1) is 0 Å². The predicted molar refractivity (Wildman–Crippen MR) is 144 cm³/mol. The second-order valence-corrected chi connectivity index (χ2v) is 12.5. The maximum absolute atomic E-state index is 6.85. The second kappa shape index (κ2) is 6.31. The van der Waals surface area contributed by atoms with Gasteiger partial charge in [0.15, 0.2) is 0 Å². The summed E-state index contributed by atoms with van der Waals surface area (Å²) in [5.41, 5.74) is 9.15. The van der Waals surface area contributed by atoms with E-state index in [1.165, 1.54) is 59.7 Å². The van der Waals surface area contributed by atoms with E-state index in [0.717, 1.165) is 34.4 Å². The van der Waals surface area contributed by atoms with Crippen molar-refractivity contribution in [3.8, 4) is 11.1 Å². The van der Waals surface area contributed by atoms with Gasteiger partial charge in [0.2, 0.25) is 0 Å². The quantitative estimate of drug-likeness (QED) is 0.306. The number of nitrogens with one attached hydrogen (secondary N) is 1. The topological polar surface area (TPSA) is 12.0 Å². The minimum absolute atomic E-state index is 0.169. The Morgan fingerprint density at radius 3 is 2.17 bits per heavy atom. The minimum Gasteiger partial charge on any atom is -0.354 e. The normalized spacial score (nSPS) is 34.7. The van der Waals surface area contributed by atoms with Crippen molar-refractivity contribution >= 4 is 33.7 Å². The van der Waals surface area contributed by atoms with E-state index in [-0.39, 0.29) is 5.41 Å². The first-order valence-electron chi connectivity index (χ1n) is 13.4. The van der Waals surface area contributed by atoms with Crippen molar-refractivity contribution in [2.24, 2.45) is 29.1 Å². The average Bonchev–Trinajstić information content (AvgIpc) is 3.41. The van der Waals surface area contributed by atoms with Gasteiger partial charge in [-0.25, -0.2) is 0 Å². The van der Waals surface area contributed by atoms with Gasteiger partial charge in [0.05, 0.1) is 10.7 Å². The molecule has 5 aliphatic rings. The fourth-order valence-corrected chi connectivity index (χ4v) is 10.5. The van der Waals surface area contributed by atoms with Gasteiger partial charge >= 0.3 is 0 Å². The molecule has 1 N–H and O–H groups in total. The first-order chi connectivity index (χ1) is 17.2. The monoisotopic (exact) mass is 473 g/mol. The summed E-state index contributed by atoms with van der Waals surface area (Å²) in [6, 6.07) is 29.1. The van der Waals surface area contributed by atoms with E-state index in [0.29, 0.717) is 5.41 Å². The molecular formula is C33H28ClN. The Labute approximate surface area is 211 Å². The van der Waals surface area contributed by atoms with E-state index >= 15 is 0 Å². The first kappa shape index (κ1) is 19.4. The maximum Gasteiger partial charge on any atom is 0.0647 e. The third-order valence-corrected chi connectivity index (χ3v) is 11.2. The van der Waals surface area contributed by atoms with Crippen molar-refractivity contribution in [3.63, 3.8) is 0 Å².